The summed E-state index contributed by atoms with van der Waals surface area (Å²) in [4.78, 5) is 3.40. The zero-order chi connectivity index (χ0) is 20.4. The zero-order valence-corrected chi connectivity index (χ0v) is 17.3. The molecule has 8 heteroatoms. The van der Waals surface area contributed by atoms with E-state index in [1.807, 2.05) is 42.5 Å². The first-order valence-electron chi connectivity index (χ1n) is 9.06. The fourth-order valence-electron chi connectivity index (χ4n) is 3.23. The van der Waals surface area contributed by atoms with Crippen molar-refractivity contribution < 1.29 is 13.2 Å². The number of rotatable bonds is 7. The lowest BCUT2D eigenvalue weighted by Gasteiger charge is -2.18. The van der Waals surface area contributed by atoms with Gasteiger partial charge in [0.2, 0.25) is 10.0 Å². The van der Waals surface area contributed by atoms with E-state index in [1.54, 1.807) is 18.2 Å². The third-order valence-electron chi connectivity index (χ3n) is 4.55. The first kappa shape index (κ1) is 19.4. The number of H-pyrrole nitrogens is 1. The average molecular weight is 430 g/mol. The van der Waals surface area contributed by atoms with Crippen LogP contribution in [0.15, 0.2) is 66.7 Å². The number of hydrogen-bond acceptors (Lipinski definition) is 4. The Morgan fingerprint density at radius 3 is 2.55 bits per heavy atom. The molecule has 0 aliphatic heterocycles. The zero-order valence-electron chi connectivity index (χ0n) is 15.7. The van der Waals surface area contributed by atoms with E-state index in [4.69, 9.17) is 16.5 Å². The summed E-state index contributed by atoms with van der Waals surface area (Å²) < 4.78 is 30.0. The van der Waals surface area contributed by atoms with E-state index < -0.39 is 10.0 Å². The molecule has 4 aromatic rings. The van der Waals surface area contributed by atoms with Gasteiger partial charge in [-0.15, -0.1) is 0 Å². The minimum absolute atomic E-state index is 0.371. The summed E-state index contributed by atoms with van der Waals surface area (Å²) in [5.74, 6) is 0.759. The Morgan fingerprint density at radius 2 is 1.72 bits per heavy atom. The van der Waals surface area contributed by atoms with E-state index in [1.165, 1.54) is 5.39 Å². The van der Waals surface area contributed by atoms with Gasteiger partial charge in [-0.05, 0) is 30.3 Å². The average Bonchev–Trinajstić information content (AvgIpc) is 3.08. The monoisotopic (exact) mass is 429 g/mol. The molecule has 0 aliphatic carbocycles. The number of halogens is 1. The van der Waals surface area contributed by atoms with Gasteiger partial charge in [0, 0.05) is 40.7 Å². The molecule has 3 aromatic carbocycles. The second-order valence-corrected chi connectivity index (χ2v) is 9.02. The number of hydrogen-bond donors (Lipinski definition) is 2. The van der Waals surface area contributed by atoms with Crippen LogP contribution < -0.4 is 13.9 Å². The van der Waals surface area contributed by atoms with Gasteiger partial charge in [0.25, 0.3) is 0 Å². The highest BCUT2D eigenvalue weighted by Gasteiger charge is 2.17. The van der Waals surface area contributed by atoms with Crippen molar-refractivity contribution in [2.75, 3.05) is 28.5 Å². The Morgan fingerprint density at radius 1 is 1.00 bits per heavy atom. The van der Waals surface area contributed by atoms with Crippen molar-refractivity contribution in [1.82, 2.24) is 4.98 Å². The predicted molar refractivity (Wildman–Crippen MR) is 119 cm³/mol. The van der Waals surface area contributed by atoms with Gasteiger partial charge in [-0.1, -0.05) is 30.3 Å². The number of sulfonamides is 1. The van der Waals surface area contributed by atoms with Crippen LogP contribution in [-0.2, 0) is 10.0 Å². The summed E-state index contributed by atoms with van der Waals surface area (Å²) >= 11 is 5.96. The molecule has 6 nitrogen and oxygen atoms in total. The van der Waals surface area contributed by atoms with Crippen molar-refractivity contribution in [2.45, 2.75) is 0 Å². The van der Waals surface area contributed by atoms with Crippen molar-refractivity contribution in [3.63, 3.8) is 0 Å². The number of nitrogens with one attached hydrogen (secondary N) is 2. The number of nitrogens with zero attached hydrogens (tertiary/aromatic N) is 1. The number of anilines is 2. The number of fused-ring (bicyclic) bond motifs is 3. The highest BCUT2D eigenvalue weighted by Crippen LogP contribution is 2.30. The standard InChI is InChI=1S/C21H20ClN3O3S/c1-29(26,27)25(22)21-9-5-4-8-19(21)23-12-13-28-15-10-11-17-16-6-2-3-7-18(16)24-20(17)14-15/h2-11,14,23-24H,12-13H2,1H3. The van der Waals surface area contributed by atoms with Gasteiger partial charge in [0.15, 0.2) is 0 Å². The molecule has 0 saturated heterocycles. The second kappa shape index (κ2) is 7.85. The molecular weight excluding hydrogens is 410 g/mol. The van der Waals surface area contributed by atoms with Crippen molar-refractivity contribution in [3.8, 4) is 5.75 Å². The topological polar surface area (TPSA) is 74.4 Å². The van der Waals surface area contributed by atoms with Crippen LogP contribution in [0.1, 0.15) is 0 Å². The third-order valence-corrected chi connectivity index (χ3v) is 6.26. The van der Waals surface area contributed by atoms with Crippen LogP contribution in [0.25, 0.3) is 21.8 Å². The van der Waals surface area contributed by atoms with E-state index in [0.29, 0.717) is 24.5 Å². The van der Waals surface area contributed by atoms with Crippen molar-refractivity contribution >= 4 is 55.0 Å². The van der Waals surface area contributed by atoms with Crippen LogP contribution in [0, 0.1) is 0 Å². The molecule has 1 heterocycles. The Labute approximate surface area is 174 Å². The second-order valence-electron chi connectivity index (χ2n) is 6.65. The van der Waals surface area contributed by atoms with Crippen molar-refractivity contribution in [3.05, 3.63) is 66.7 Å². The lowest BCUT2D eigenvalue weighted by molar-refractivity contribution is 0.333. The first-order valence-corrected chi connectivity index (χ1v) is 11.2. The lowest BCUT2D eigenvalue weighted by atomic mass is 10.1. The molecule has 0 spiro atoms. The summed E-state index contributed by atoms with van der Waals surface area (Å²) in [6, 6.07) is 21.1. The molecule has 2 N–H and O–H groups in total. The summed E-state index contributed by atoms with van der Waals surface area (Å²) in [6.45, 7) is 0.886. The van der Waals surface area contributed by atoms with Gasteiger partial charge < -0.3 is 15.0 Å². The maximum absolute atomic E-state index is 11.7. The highest BCUT2D eigenvalue weighted by atomic mass is 35.5. The normalized spacial score (nSPS) is 11.7. The van der Waals surface area contributed by atoms with Crippen molar-refractivity contribution in [1.29, 1.82) is 0 Å². The van der Waals surface area contributed by atoms with Crippen LogP contribution in [0.5, 0.6) is 5.75 Å². The van der Waals surface area contributed by atoms with Gasteiger partial charge in [-0.2, -0.15) is 3.82 Å². The van der Waals surface area contributed by atoms with Crippen LogP contribution in [-0.4, -0.2) is 32.8 Å². The number of para-hydroxylation sites is 3. The van der Waals surface area contributed by atoms with E-state index in [0.717, 1.165) is 32.2 Å². The summed E-state index contributed by atoms with van der Waals surface area (Å²) in [5.41, 5.74) is 3.10. The number of aromatic amines is 1. The summed E-state index contributed by atoms with van der Waals surface area (Å²) in [7, 11) is -3.56. The van der Waals surface area contributed by atoms with Crippen molar-refractivity contribution in [2.24, 2.45) is 0 Å². The largest absolute Gasteiger partial charge is 0.492 e. The molecule has 0 bridgehead atoms. The van der Waals surface area contributed by atoms with Gasteiger partial charge in [-0.25, -0.2) is 8.42 Å². The van der Waals surface area contributed by atoms with Gasteiger partial charge in [-0.3, -0.25) is 0 Å². The first-order chi connectivity index (χ1) is 13.9. The molecule has 0 aliphatic rings. The van der Waals surface area contributed by atoms with Gasteiger partial charge >= 0.3 is 0 Å². The Bertz CT molecular complexity index is 1270. The SMILES string of the molecule is CS(=O)(=O)N(Cl)c1ccccc1NCCOc1ccc2c(c1)[nH]c1ccccc12. The fourth-order valence-corrected chi connectivity index (χ4v) is 3.90. The molecule has 150 valence electrons. The van der Waals surface area contributed by atoms with Crippen LogP contribution in [0.4, 0.5) is 11.4 Å². The molecule has 0 atom stereocenters. The van der Waals surface area contributed by atoms with Crippen LogP contribution in [0.3, 0.4) is 0 Å². The summed E-state index contributed by atoms with van der Waals surface area (Å²) in [6.07, 6.45) is 1.06. The highest BCUT2D eigenvalue weighted by molar-refractivity contribution is 7.93. The van der Waals surface area contributed by atoms with Gasteiger partial charge in [0.1, 0.15) is 12.4 Å². The Balaban J connectivity index is 1.42. The van der Waals surface area contributed by atoms with Gasteiger partial charge in [0.05, 0.1) is 23.1 Å². The number of ether oxygens (including phenoxy) is 1. The minimum Gasteiger partial charge on any atom is -0.492 e. The Hall–Kier alpha value is -2.90. The van der Waals surface area contributed by atoms with E-state index in [9.17, 15) is 8.42 Å². The third kappa shape index (κ3) is 4.11. The Kier molecular flexibility index (Phi) is 5.25. The smallest absolute Gasteiger partial charge is 0.246 e. The molecule has 0 radical (unpaired) electrons. The van der Waals surface area contributed by atoms with E-state index >= 15 is 0 Å². The predicted octanol–water partition coefficient (Wildman–Crippen LogP) is 4.73. The minimum atomic E-state index is -3.56. The molecule has 29 heavy (non-hydrogen) atoms. The van der Waals surface area contributed by atoms with E-state index in [-0.39, 0.29) is 0 Å². The maximum atomic E-state index is 11.7. The number of benzene rings is 3. The molecule has 0 amide bonds. The summed E-state index contributed by atoms with van der Waals surface area (Å²) in [5, 5.41) is 5.51. The van der Waals surface area contributed by atoms with Crippen LogP contribution >= 0.6 is 11.8 Å². The molecule has 4 rings (SSSR count). The maximum Gasteiger partial charge on any atom is 0.246 e. The van der Waals surface area contributed by atoms with E-state index in [2.05, 4.69) is 16.4 Å². The van der Waals surface area contributed by atoms with Crippen LogP contribution in [0.2, 0.25) is 0 Å². The molecule has 1 aromatic heterocycles. The lowest BCUT2D eigenvalue weighted by Crippen LogP contribution is -2.21. The molecule has 0 saturated carbocycles. The molecule has 0 fully saturated rings. The molecular formula is C21H20ClN3O3S. The number of aromatic nitrogens is 1. The quantitative estimate of drug-likeness (QED) is 0.329. The molecule has 0 unspecified atom stereocenters. The fraction of sp³-hybridized carbons (Fsp3) is 0.143.